The lowest BCUT2D eigenvalue weighted by Gasteiger charge is -2.00. The second-order valence-electron chi connectivity index (χ2n) is 2.94. The summed E-state index contributed by atoms with van der Waals surface area (Å²) in [6.07, 6.45) is 0. The highest BCUT2D eigenvalue weighted by Crippen LogP contribution is 2.19. The van der Waals surface area contributed by atoms with Crippen LogP contribution in [-0.4, -0.2) is 17.9 Å². The molecule has 1 aromatic carbocycles. The van der Waals surface area contributed by atoms with E-state index in [2.05, 4.69) is 17.2 Å². The molecule has 0 saturated carbocycles. The Kier molecular flexibility index (Phi) is 3.62. The van der Waals surface area contributed by atoms with Crippen molar-refractivity contribution in [1.29, 1.82) is 0 Å². The fourth-order valence-electron chi connectivity index (χ4n) is 1.21. The molecule has 82 valence electrons. The second kappa shape index (κ2) is 4.94. The summed E-state index contributed by atoms with van der Waals surface area (Å²) in [5.41, 5.74) is 0.395. The first-order valence-corrected chi connectivity index (χ1v) is 4.53. The smallest absolute Gasteiger partial charge is 0.285 e. The van der Waals surface area contributed by atoms with Crippen LogP contribution in [0, 0.1) is 22.0 Å². The molecule has 16 heavy (non-hydrogen) atoms. The molecule has 0 aliphatic rings. The van der Waals surface area contributed by atoms with Crippen LogP contribution in [0.25, 0.3) is 0 Å². The molecule has 0 heterocycles. The van der Waals surface area contributed by atoms with E-state index in [0.717, 1.165) is 0 Å². The van der Waals surface area contributed by atoms with Crippen LogP contribution >= 0.6 is 0 Å². The molecule has 1 amide bonds. The van der Waals surface area contributed by atoms with Gasteiger partial charge in [-0.25, -0.2) is 0 Å². The lowest BCUT2D eigenvalue weighted by molar-refractivity contribution is -0.385. The Labute approximate surface area is 92.6 Å². The zero-order valence-corrected chi connectivity index (χ0v) is 8.90. The summed E-state index contributed by atoms with van der Waals surface area (Å²) in [5.74, 6) is 4.84. The van der Waals surface area contributed by atoms with Gasteiger partial charge in [-0.15, -0.1) is 5.92 Å². The molecular weight excluding hydrogens is 208 g/mol. The van der Waals surface area contributed by atoms with E-state index < -0.39 is 4.92 Å². The fraction of sp³-hybridized carbons (Fsp3) is 0.182. The number of nitro groups is 1. The predicted molar refractivity (Wildman–Crippen MR) is 59.0 cm³/mol. The molecule has 0 aliphatic carbocycles. The number of carbonyl (C=O) groups excluding carboxylic acids is 1. The summed E-state index contributed by atoms with van der Waals surface area (Å²) in [4.78, 5) is 21.5. The van der Waals surface area contributed by atoms with Gasteiger partial charge in [-0.05, 0) is 19.1 Å². The first-order valence-electron chi connectivity index (χ1n) is 4.53. The number of rotatable bonds is 2. The van der Waals surface area contributed by atoms with Crippen molar-refractivity contribution >= 4 is 11.6 Å². The Morgan fingerprint density at radius 1 is 1.50 bits per heavy atom. The van der Waals surface area contributed by atoms with Crippen LogP contribution in [0.5, 0.6) is 0 Å². The average molecular weight is 218 g/mol. The van der Waals surface area contributed by atoms with Gasteiger partial charge in [0.1, 0.15) is 5.56 Å². The number of hydrogen-bond donors (Lipinski definition) is 1. The Bertz CT molecular complexity index is 498. The number of amides is 1. The molecule has 0 spiro atoms. The lowest BCUT2D eigenvalue weighted by Crippen LogP contribution is -2.17. The summed E-state index contributed by atoms with van der Waals surface area (Å²) >= 11 is 0. The van der Waals surface area contributed by atoms with Crippen molar-refractivity contribution in [3.05, 3.63) is 39.4 Å². The van der Waals surface area contributed by atoms with Crippen molar-refractivity contribution in [3.8, 4) is 11.8 Å². The summed E-state index contributed by atoms with van der Waals surface area (Å²) < 4.78 is 0. The first-order chi connectivity index (χ1) is 7.60. The predicted octanol–water partition coefficient (Wildman–Crippen LogP) is 1.33. The van der Waals surface area contributed by atoms with E-state index in [1.807, 2.05) is 0 Å². The zero-order chi connectivity index (χ0) is 12.1. The topological polar surface area (TPSA) is 72.2 Å². The maximum absolute atomic E-state index is 11.3. The summed E-state index contributed by atoms with van der Waals surface area (Å²) in [6, 6.07) is 4.20. The summed E-state index contributed by atoms with van der Waals surface area (Å²) in [5, 5.41) is 13.2. The molecule has 5 heteroatoms. The van der Waals surface area contributed by atoms with Crippen molar-refractivity contribution < 1.29 is 9.72 Å². The van der Waals surface area contributed by atoms with E-state index in [0.29, 0.717) is 5.56 Å². The molecule has 0 radical (unpaired) electrons. The van der Waals surface area contributed by atoms with E-state index in [9.17, 15) is 14.9 Å². The number of carbonyl (C=O) groups is 1. The van der Waals surface area contributed by atoms with Gasteiger partial charge in [0.15, 0.2) is 0 Å². The Hall–Kier alpha value is -2.35. The van der Waals surface area contributed by atoms with Crippen molar-refractivity contribution in [2.75, 3.05) is 7.05 Å². The molecule has 0 saturated heterocycles. The number of benzene rings is 1. The van der Waals surface area contributed by atoms with Gasteiger partial charge in [0.25, 0.3) is 11.6 Å². The number of nitro benzene ring substituents is 1. The third-order valence-corrected chi connectivity index (χ3v) is 1.94. The van der Waals surface area contributed by atoms with E-state index >= 15 is 0 Å². The van der Waals surface area contributed by atoms with Gasteiger partial charge < -0.3 is 5.32 Å². The number of hydrogen-bond acceptors (Lipinski definition) is 3. The van der Waals surface area contributed by atoms with Crippen molar-refractivity contribution in [2.24, 2.45) is 0 Å². The third kappa shape index (κ3) is 2.36. The molecule has 0 bridgehead atoms. The molecule has 0 aromatic heterocycles. The SMILES string of the molecule is CC#Cc1ccc(C(=O)NC)cc1[N+](=O)[O-]. The van der Waals surface area contributed by atoms with Crippen LogP contribution in [0.4, 0.5) is 5.69 Å². The molecule has 0 atom stereocenters. The normalized spacial score (nSPS) is 8.88. The second-order valence-corrected chi connectivity index (χ2v) is 2.94. The standard InChI is InChI=1S/C11H10N2O3/c1-3-4-8-5-6-9(11(14)12-2)7-10(8)13(15)16/h5-7H,1-2H3,(H,12,14). The van der Waals surface area contributed by atoms with Crippen LogP contribution < -0.4 is 5.32 Å². The van der Waals surface area contributed by atoms with Crippen LogP contribution in [0.1, 0.15) is 22.8 Å². The fourth-order valence-corrected chi connectivity index (χ4v) is 1.21. The Balaban J connectivity index is 3.31. The highest BCUT2D eigenvalue weighted by atomic mass is 16.6. The van der Waals surface area contributed by atoms with Crippen LogP contribution in [0.15, 0.2) is 18.2 Å². The molecule has 1 N–H and O–H groups in total. The van der Waals surface area contributed by atoms with Gasteiger partial charge in [0.05, 0.1) is 4.92 Å². The van der Waals surface area contributed by atoms with E-state index in [1.54, 1.807) is 6.92 Å². The van der Waals surface area contributed by atoms with Gasteiger partial charge in [-0.2, -0.15) is 0 Å². The van der Waals surface area contributed by atoms with E-state index in [1.165, 1.54) is 25.2 Å². The maximum Gasteiger partial charge on any atom is 0.285 e. The monoisotopic (exact) mass is 218 g/mol. The number of nitrogens with zero attached hydrogens (tertiary/aromatic N) is 1. The number of nitrogens with one attached hydrogen (secondary N) is 1. The first kappa shape index (κ1) is 11.7. The molecule has 0 unspecified atom stereocenters. The molecule has 1 aromatic rings. The Morgan fingerprint density at radius 2 is 2.19 bits per heavy atom. The van der Waals surface area contributed by atoms with Gasteiger partial charge in [0.2, 0.25) is 0 Å². The van der Waals surface area contributed by atoms with Crippen LogP contribution in [0.2, 0.25) is 0 Å². The van der Waals surface area contributed by atoms with Crippen LogP contribution in [-0.2, 0) is 0 Å². The summed E-state index contributed by atoms with van der Waals surface area (Å²) in [7, 11) is 1.47. The van der Waals surface area contributed by atoms with Gasteiger partial charge >= 0.3 is 0 Å². The minimum Gasteiger partial charge on any atom is -0.355 e. The van der Waals surface area contributed by atoms with Crippen molar-refractivity contribution in [2.45, 2.75) is 6.92 Å². The highest BCUT2D eigenvalue weighted by molar-refractivity contribution is 5.94. The van der Waals surface area contributed by atoms with Gasteiger partial charge in [-0.1, -0.05) is 5.92 Å². The summed E-state index contributed by atoms with van der Waals surface area (Å²) in [6.45, 7) is 1.59. The van der Waals surface area contributed by atoms with E-state index in [-0.39, 0.29) is 17.2 Å². The minimum absolute atomic E-state index is 0.157. The largest absolute Gasteiger partial charge is 0.355 e. The lowest BCUT2D eigenvalue weighted by atomic mass is 10.1. The average Bonchev–Trinajstić information content (AvgIpc) is 2.28. The van der Waals surface area contributed by atoms with Crippen molar-refractivity contribution in [3.63, 3.8) is 0 Å². The van der Waals surface area contributed by atoms with E-state index in [4.69, 9.17) is 0 Å². The molecule has 1 rings (SSSR count). The van der Waals surface area contributed by atoms with Gasteiger partial charge in [-0.3, -0.25) is 14.9 Å². The maximum atomic E-state index is 11.3. The molecular formula is C11H10N2O3. The highest BCUT2D eigenvalue weighted by Gasteiger charge is 2.15. The minimum atomic E-state index is -0.549. The van der Waals surface area contributed by atoms with Crippen molar-refractivity contribution in [1.82, 2.24) is 5.32 Å². The quantitative estimate of drug-likeness (QED) is 0.462. The zero-order valence-electron chi connectivity index (χ0n) is 8.90. The molecule has 0 aliphatic heterocycles. The molecule has 0 fully saturated rings. The van der Waals surface area contributed by atoms with Crippen LogP contribution in [0.3, 0.4) is 0 Å². The third-order valence-electron chi connectivity index (χ3n) is 1.94. The Morgan fingerprint density at radius 3 is 2.69 bits per heavy atom. The molecule has 5 nitrogen and oxygen atoms in total. The van der Waals surface area contributed by atoms with Gasteiger partial charge in [0, 0.05) is 18.7 Å².